The van der Waals surface area contributed by atoms with E-state index in [4.69, 9.17) is 17.3 Å². The van der Waals surface area contributed by atoms with Gasteiger partial charge in [-0.05, 0) is 36.2 Å². The molecule has 0 saturated carbocycles. The Kier molecular flexibility index (Phi) is 7.88. The van der Waals surface area contributed by atoms with Crippen LogP contribution in [-0.4, -0.2) is 24.2 Å². The topological polar surface area (TPSA) is 90.3 Å². The number of rotatable bonds is 7. The summed E-state index contributed by atoms with van der Waals surface area (Å²) >= 11 is 7.76. The van der Waals surface area contributed by atoms with Crippen LogP contribution in [0.3, 0.4) is 0 Å². The van der Waals surface area contributed by atoms with Crippen molar-refractivity contribution < 1.29 is 8.42 Å². The Hall–Kier alpha value is -3.85. The Morgan fingerprint density at radius 3 is 2.13 bits per heavy atom. The molecule has 0 unspecified atom stereocenters. The summed E-state index contributed by atoms with van der Waals surface area (Å²) in [5.41, 5.74) is 11.0. The molecule has 0 aliphatic heterocycles. The number of benzene rings is 4. The average Bonchev–Trinajstić information content (AvgIpc) is 3.41. The summed E-state index contributed by atoms with van der Waals surface area (Å²) in [6.45, 7) is 1.76. The third-order valence-corrected chi connectivity index (χ3v) is 9.00. The normalized spacial score (nSPS) is 12.0. The average molecular weight is 573 g/mol. The lowest BCUT2D eigenvalue weighted by Crippen LogP contribution is -2.26. The smallest absolute Gasteiger partial charge is 0.286 e. The first-order valence-electron chi connectivity index (χ1n) is 12.1. The van der Waals surface area contributed by atoms with E-state index in [0.717, 1.165) is 16.7 Å². The molecule has 1 heterocycles. The summed E-state index contributed by atoms with van der Waals surface area (Å²) in [4.78, 5) is 0.546. The van der Waals surface area contributed by atoms with Crippen LogP contribution in [0, 0.1) is 6.92 Å². The van der Waals surface area contributed by atoms with Crippen molar-refractivity contribution in [1.82, 2.24) is 9.78 Å². The first-order chi connectivity index (χ1) is 18.8. The highest BCUT2D eigenvalue weighted by Crippen LogP contribution is 2.35. The second kappa shape index (κ2) is 11.5. The van der Waals surface area contributed by atoms with Gasteiger partial charge in [-0.1, -0.05) is 103 Å². The van der Waals surface area contributed by atoms with E-state index in [0.29, 0.717) is 32.6 Å². The van der Waals surface area contributed by atoms with Crippen LogP contribution in [-0.2, 0) is 15.8 Å². The molecule has 5 aromatic rings. The van der Waals surface area contributed by atoms with Gasteiger partial charge in [0.25, 0.3) is 10.0 Å². The molecular weight excluding hydrogens is 548 g/mol. The molecule has 1 aromatic heterocycles. The van der Waals surface area contributed by atoms with Gasteiger partial charge in [0.15, 0.2) is 0 Å². The van der Waals surface area contributed by atoms with Gasteiger partial charge < -0.3 is 5.73 Å². The SMILES string of the molecule is Cc1cc(S(=O)(=O)/N=C(/N)n2nc(-c3ccccc3)cc2-c2ccccc2)c(SCc2ccccc2)cc1Cl. The van der Waals surface area contributed by atoms with Gasteiger partial charge in [-0.15, -0.1) is 16.2 Å². The van der Waals surface area contributed by atoms with E-state index < -0.39 is 10.0 Å². The maximum Gasteiger partial charge on any atom is 0.286 e. The molecule has 4 aromatic carbocycles. The fourth-order valence-corrected chi connectivity index (χ4v) is 6.72. The van der Waals surface area contributed by atoms with Crippen molar-refractivity contribution in [3.8, 4) is 22.5 Å². The van der Waals surface area contributed by atoms with Crippen molar-refractivity contribution in [2.45, 2.75) is 22.5 Å². The summed E-state index contributed by atoms with van der Waals surface area (Å²) in [6, 6.07) is 34.0. The lowest BCUT2D eigenvalue weighted by molar-refractivity contribution is 0.595. The van der Waals surface area contributed by atoms with Crippen LogP contribution < -0.4 is 5.73 Å². The summed E-state index contributed by atoms with van der Waals surface area (Å²) in [5, 5.41) is 5.11. The van der Waals surface area contributed by atoms with Gasteiger partial charge in [-0.3, -0.25) is 0 Å². The third kappa shape index (κ3) is 6.09. The molecule has 0 saturated heterocycles. The minimum Gasteiger partial charge on any atom is -0.367 e. The number of halogens is 1. The first-order valence-corrected chi connectivity index (χ1v) is 14.9. The molecule has 9 heteroatoms. The maximum absolute atomic E-state index is 13.7. The Labute approximate surface area is 237 Å². The standard InChI is InChI=1S/C30H25ClN4O2S2/c1-21-17-29(28(18-25(21)31)38-20-22-11-5-2-6-12-22)39(36,37)34-30(32)35-27(24-15-9-4-10-16-24)19-26(33-35)23-13-7-3-8-14-23/h2-19H,20H2,1H3,(H2,32,34). The Bertz CT molecular complexity index is 1740. The summed E-state index contributed by atoms with van der Waals surface area (Å²) in [6.07, 6.45) is 0. The zero-order valence-electron chi connectivity index (χ0n) is 21.0. The van der Waals surface area contributed by atoms with Crippen molar-refractivity contribution >= 4 is 39.3 Å². The number of nitrogens with zero attached hydrogens (tertiary/aromatic N) is 3. The lowest BCUT2D eigenvalue weighted by Gasteiger charge is -2.12. The van der Waals surface area contributed by atoms with E-state index in [-0.39, 0.29) is 10.9 Å². The van der Waals surface area contributed by atoms with E-state index in [9.17, 15) is 8.42 Å². The summed E-state index contributed by atoms with van der Waals surface area (Å²) < 4.78 is 32.8. The highest BCUT2D eigenvalue weighted by Gasteiger charge is 2.23. The minimum absolute atomic E-state index is 0.0463. The predicted molar refractivity (Wildman–Crippen MR) is 159 cm³/mol. The zero-order valence-corrected chi connectivity index (χ0v) is 23.4. The largest absolute Gasteiger partial charge is 0.367 e. The molecule has 0 amide bonds. The van der Waals surface area contributed by atoms with Crippen molar-refractivity contribution in [2.24, 2.45) is 10.1 Å². The highest BCUT2D eigenvalue weighted by atomic mass is 35.5. The van der Waals surface area contributed by atoms with Gasteiger partial charge in [-0.25, -0.2) is 0 Å². The van der Waals surface area contributed by atoms with Crippen LogP contribution in [0.5, 0.6) is 0 Å². The molecule has 2 N–H and O–H groups in total. The van der Waals surface area contributed by atoms with Gasteiger partial charge in [0, 0.05) is 26.8 Å². The fraction of sp³-hybridized carbons (Fsp3) is 0.0667. The number of nitrogens with two attached hydrogens (primary N) is 1. The Balaban J connectivity index is 1.57. The fourth-order valence-electron chi connectivity index (χ4n) is 4.02. The number of hydrogen-bond acceptors (Lipinski definition) is 4. The lowest BCUT2D eigenvalue weighted by atomic mass is 10.1. The zero-order chi connectivity index (χ0) is 27.4. The van der Waals surface area contributed by atoms with Crippen molar-refractivity contribution in [1.29, 1.82) is 0 Å². The molecule has 39 heavy (non-hydrogen) atoms. The monoisotopic (exact) mass is 572 g/mol. The van der Waals surface area contributed by atoms with Gasteiger partial charge in [0.05, 0.1) is 11.4 Å². The van der Waals surface area contributed by atoms with Crippen molar-refractivity contribution in [3.63, 3.8) is 0 Å². The van der Waals surface area contributed by atoms with E-state index in [1.54, 1.807) is 19.1 Å². The van der Waals surface area contributed by atoms with Crippen LogP contribution in [0.25, 0.3) is 22.5 Å². The quantitative estimate of drug-likeness (QED) is 0.128. The van der Waals surface area contributed by atoms with Gasteiger partial charge in [0.1, 0.15) is 4.90 Å². The van der Waals surface area contributed by atoms with Crippen LogP contribution >= 0.6 is 23.4 Å². The van der Waals surface area contributed by atoms with E-state index in [1.807, 2.05) is 97.1 Å². The number of sulfonamides is 1. The molecule has 0 fully saturated rings. The van der Waals surface area contributed by atoms with E-state index in [2.05, 4.69) is 9.50 Å². The highest BCUT2D eigenvalue weighted by molar-refractivity contribution is 7.99. The molecule has 0 aliphatic carbocycles. The molecule has 6 nitrogen and oxygen atoms in total. The molecule has 0 aliphatic rings. The number of thioether (sulfide) groups is 1. The second-order valence-corrected chi connectivity index (χ2v) is 11.8. The van der Waals surface area contributed by atoms with Crippen LogP contribution in [0.4, 0.5) is 0 Å². The van der Waals surface area contributed by atoms with Crippen LogP contribution in [0.2, 0.25) is 5.02 Å². The second-order valence-electron chi connectivity index (χ2n) is 8.81. The maximum atomic E-state index is 13.7. The van der Waals surface area contributed by atoms with Gasteiger partial charge in [-0.2, -0.15) is 18.2 Å². The molecule has 196 valence electrons. The van der Waals surface area contributed by atoms with Crippen molar-refractivity contribution in [3.05, 3.63) is 125 Å². The molecule has 0 atom stereocenters. The van der Waals surface area contributed by atoms with Crippen LogP contribution in [0.15, 0.2) is 123 Å². The molecule has 0 bridgehead atoms. The minimum atomic E-state index is -4.21. The Morgan fingerprint density at radius 1 is 0.897 bits per heavy atom. The number of aromatic nitrogens is 2. The number of aryl methyl sites for hydroxylation is 1. The third-order valence-electron chi connectivity index (χ3n) is 6.02. The van der Waals surface area contributed by atoms with Crippen LogP contribution in [0.1, 0.15) is 11.1 Å². The Morgan fingerprint density at radius 2 is 1.49 bits per heavy atom. The van der Waals surface area contributed by atoms with E-state index >= 15 is 0 Å². The number of hydrogen-bond donors (Lipinski definition) is 1. The molecule has 0 spiro atoms. The predicted octanol–water partition coefficient (Wildman–Crippen LogP) is 7.02. The van der Waals surface area contributed by atoms with E-state index in [1.165, 1.54) is 16.4 Å². The molecule has 5 rings (SSSR count). The van der Waals surface area contributed by atoms with Gasteiger partial charge in [0.2, 0.25) is 5.96 Å². The first kappa shape index (κ1) is 26.7. The molecule has 0 radical (unpaired) electrons. The molecular formula is C30H25ClN4O2S2. The summed E-state index contributed by atoms with van der Waals surface area (Å²) in [7, 11) is -4.21. The van der Waals surface area contributed by atoms with Crippen molar-refractivity contribution in [2.75, 3.05) is 0 Å². The van der Waals surface area contributed by atoms with Gasteiger partial charge >= 0.3 is 0 Å². The summed E-state index contributed by atoms with van der Waals surface area (Å²) in [5.74, 6) is 0.308.